The first-order valence-electron chi connectivity index (χ1n) is 7.02. The van der Waals surface area contributed by atoms with Crippen LogP contribution in [0.4, 0.5) is 11.6 Å². The van der Waals surface area contributed by atoms with Crippen molar-refractivity contribution in [3.8, 4) is 0 Å². The second kappa shape index (κ2) is 5.74. The first-order chi connectivity index (χ1) is 9.00. The van der Waals surface area contributed by atoms with Crippen LogP contribution >= 0.6 is 0 Å². The normalized spacial score (nSPS) is 17.5. The smallest absolute Gasteiger partial charge is 0.137 e. The maximum absolute atomic E-state index is 6.02. The van der Waals surface area contributed by atoms with E-state index >= 15 is 0 Å². The van der Waals surface area contributed by atoms with Crippen molar-refractivity contribution >= 4 is 11.6 Å². The molecule has 2 heterocycles. The van der Waals surface area contributed by atoms with Gasteiger partial charge in [-0.25, -0.2) is 9.97 Å². The topological polar surface area (TPSA) is 58.3 Å². The standard InChI is InChI=1S/C14H25N5/c1-10(2)12-13(15)16-9-17-14(12)19-7-5-11(6-8-19)18(3)4/h9-11H,5-8H2,1-4H3,(H2,15,16,17). The van der Waals surface area contributed by atoms with E-state index in [1.54, 1.807) is 6.33 Å². The van der Waals surface area contributed by atoms with E-state index in [0.29, 0.717) is 17.8 Å². The number of nitrogens with zero attached hydrogens (tertiary/aromatic N) is 4. The summed E-state index contributed by atoms with van der Waals surface area (Å²) < 4.78 is 0. The minimum absolute atomic E-state index is 0.350. The summed E-state index contributed by atoms with van der Waals surface area (Å²) in [5.74, 6) is 2.00. The molecule has 5 heteroatoms. The van der Waals surface area contributed by atoms with Gasteiger partial charge in [0.15, 0.2) is 0 Å². The molecule has 0 spiro atoms. The summed E-state index contributed by atoms with van der Waals surface area (Å²) in [6.07, 6.45) is 3.93. The molecule has 1 aliphatic heterocycles. The van der Waals surface area contributed by atoms with Crippen LogP contribution in [-0.4, -0.2) is 48.1 Å². The van der Waals surface area contributed by atoms with E-state index in [4.69, 9.17) is 5.73 Å². The minimum atomic E-state index is 0.350. The third-order valence-corrected chi connectivity index (χ3v) is 3.97. The van der Waals surface area contributed by atoms with Crippen LogP contribution in [0.15, 0.2) is 6.33 Å². The number of hydrogen-bond acceptors (Lipinski definition) is 5. The molecule has 0 bridgehead atoms. The van der Waals surface area contributed by atoms with Gasteiger partial charge in [-0.2, -0.15) is 0 Å². The number of anilines is 2. The number of nitrogen functional groups attached to an aromatic ring is 1. The van der Waals surface area contributed by atoms with Crippen LogP contribution < -0.4 is 10.6 Å². The van der Waals surface area contributed by atoms with Crippen molar-refractivity contribution in [2.24, 2.45) is 0 Å². The fourth-order valence-electron chi connectivity index (χ4n) is 2.80. The SMILES string of the molecule is CC(C)c1c(N)ncnc1N1CCC(N(C)C)CC1. The Morgan fingerprint density at radius 2 is 1.89 bits per heavy atom. The average Bonchev–Trinajstić information content (AvgIpc) is 2.38. The van der Waals surface area contributed by atoms with Gasteiger partial charge < -0.3 is 15.5 Å². The quantitative estimate of drug-likeness (QED) is 0.899. The van der Waals surface area contributed by atoms with Gasteiger partial charge in [-0.05, 0) is 32.9 Å². The highest BCUT2D eigenvalue weighted by Crippen LogP contribution is 2.31. The number of aromatic nitrogens is 2. The number of piperidine rings is 1. The van der Waals surface area contributed by atoms with Crippen molar-refractivity contribution in [3.05, 3.63) is 11.9 Å². The molecule has 1 aromatic rings. The van der Waals surface area contributed by atoms with Gasteiger partial charge in [0, 0.05) is 24.7 Å². The lowest BCUT2D eigenvalue weighted by molar-refractivity contribution is 0.249. The van der Waals surface area contributed by atoms with Gasteiger partial charge in [0.2, 0.25) is 0 Å². The van der Waals surface area contributed by atoms with Crippen LogP contribution in [0, 0.1) is 0 Å². The van der Waals surface area contributed by atoms with Gasteiger partial charge >= 0.3 is 0 Å². The molecule has 1 saturated heterocycles. The Bertz CT molecular complexity index is 422. The fraction of sp³-hybridized carbons (Fsp3) is 0.714. The zero-order valence-electron chi connectivity index (χ0n) is 12.4. The van der Waals surface area contributed by atoms with Crippen LogP contribution in [0.5, 0.6) is 0 Å². The number of hydrogen-bond donors (Lipinski definition) is 1. The van der Waals surface area contributed by atoms with E-state index < -0.39 is 0 Å². The molecule has 1 aliphatic rings. The molecule has 0 amide bonds. The van der Waals surface area contributed by atoms with Gasteiger partial charge in [0.25, 0.3) is 0 Å². The second-order valence-electron chi connectivity index (χ2n) is 5.83. The Kier molecular flexibility index (Phi) is 4.24. The molecule has 19 heavy (non-hydrogen) atoms. The minimum Gasteiger partial charge on any atom is -0.383 e. The predicted octanol–water partition coefficient (Wildman–Crippen LogP) is 1.71. The highest BCUT2D eigenvalue weighted by atomic mass is 15.2. The Balaban J connectivity index is 2.18. The molecule has 5 nitrogen and oxygen atoms in total. The lowest BCUT2D eigenvalue weighted by Gasteiger charge is -2.37. The molecular formula is C14H25N5. The van der Waals surface area contributed by atoms with Crippen LogP contribution in [0.3, 0.4) is 0 Å². The van der Waals surface area contributed by atoms with Gasteiger partial charge in [-0.15, -0.1) is 0 Å². The van der Waals surface area contributed by atoms with Crippen molar-refractivity contribution in [2.75, 3.05) is 37.8 Å². The van der Waals surface area contributed by atoms with E-state index in [-0.39, 0.29) is 0 Å². The van der Waals surface area contributed by atoms with E-state index in [0.717, 1.165) is 24.5 Å². The highest BCUT2D eigenvalue weighted by Gasteiger charge is 2.24. The second-order valence-corrected chi connectivity index (χ2v) is 5.83. The Hall–Kier alpha value is -1.36. The summed E-state index contributed by atoms with van der Waals surface area (Å²) in [6, 6.07) is 0.679. The van der Waals surface area contributed by atoms with Crippen molar-refractivity contribution in [3.63, 3.8) is 0 Å². The molecule has 0 unspecified atom stereocenters. The average molecular weight is 263 g/mol. The van der Waals surface area contributed by atoms with Crippen LogP contribution in [0.25, 0.3) is 0 Å². The zero-order chi connectivity index (χ0) is 14.0. The van der Waals surface area contributed by atoms with Gasteiger partial charge in [-0.1, -0.05) is 13.8 Å². The van der Waals surface area contributed by atoms with Crippen molar-refractivity contribution in [1.82, 2.24) is 14.9 Å². The summed E-state index contributed by atoms with van der Waals surface area (Å²) >= 11 is 0. The molecule has 2 N–H and O–H groups in total. The van der Waals surface area contributed by atoms with E-state index in [2.05, 4.69) is 47.7 Å². The number of rotatable bonds is 3. The lowest BCUT2D eigenvalue weighted by atomic mass is 10.0. The molecule has 0 saturated carbocycles. The summed E-state index contributed by atoms with van der Waals surface area (Å²) in [6.45, 7) is 6.37. The third kappa shape index (κ3) is 2.97. The molecule has 0 atom stereocenters. The Morgan fingerprint density at radius 3 is 2.42 bits per heavy atom. The molecule has 0 aromatic carbocycles. The van der Waals surface area contributed by atoms with E-state index in [1.165, 1.54) is 12.8 Å². The predicted molar refractivity (Wildman–Crippen MR) is 79.5 cm³/mol. The summed E-state index contributed by atoms with van der Waals surface area (Å²) in [4.78, 5) is 13.3. The maximum atomic E-state index is 6.02. The lowest BCUT2D eigenvalue weighted by Crippen LogP contribution is -2.42. The largest absolute Gasteiger partial charge is 0.383 e. The summed E-state index contributed by atoms with van der Waals surface area (Å²) in [5, 5.41) is 0. The molecule has 1 fully saturated rings. The van der Waals surface area contributed by atoms with Gasteiger partial charge in [-0.3, -0.25) is 0 Å². The van der Waals surface area contributed by atoms with Gasteiger partial charge in [0.05, 0.1) is 0 Å². The van der Waals surface area contributed by atoms with E-state index in [1.807, 2.05) is 0 Å². The third-order valence-electron chi connectivity index (χ3n) is 3.97. The molecule has 2 rings (SSSR count). The summed E-state index contributed by atoms with van der Waals surface area (Å²) in [7, 11) is 4.31. The monoisotopic (exact) mass is 263 g/mol. The van der Waals surface area contributed by atoms with Crippen molar-refractivity contribution < 1.29 is 0 Å². The summed E-state index contributed by atoms with van der Waals surface area (Å²) in [5.41, 5.74) is 7.11. The highest BCUT2D eigenvalue weighted by molar-refractivity contribution is 5.58. The van der Waals surface area contributed by atoms with Crippen LogP contribution in [0.2, 0.25) is 0 Å². The zero-order valence-corrected chi connectivity index (χ0v) is 12.4. The van der Waals surface area contributed by atoms with Crippen molar-refractivity contribution in [2.45, 2.75) is 38.6 Å². The molecule has 106 valence electrons. The first-order valence-corrected chi connectivity index (χ1v) is 7.02. The number of nitrogens with two attached hydrogens (primary N) is 1. The first kappa shape index (κ1) is 14.1. The molecular weight excluding hydrogens is 238 g/mol. The van der Waals surface area contributed by atoms with E-state index in [9.17, 15) is 0 Å². The molecule has 1 aromatic heterocycles. The molecule has 0 aliphatic carbocycles. The van der Waals surface area contributed by atoms with Crippen LogP contribution in [-0.2, 0) is 0 Å². The Labute approximate surface area is 115 Å². The van der Waals surface area contributed by atoms with Crippen molar-refractivity contribution in [1.29, 1.82) is 0 Å². The van der Waals surface area contributed by atoms with Gasteiger partial charge in [0.1, 0.15) is 18.0 Å². The maximum Gasteiger partial charge on any atom is 0.137 e. The van der Waals surface area contributed by atoms with Crippen LogP contribution in [0.1, 0.15) is 38.2 Å². The Morgan fingerprint density at radius 1 is 1.26 bits per heavy atom. The molecule has 0 radical (unpaired) electrons. The fourth-order valence-corrected chi connectivity index (χ4v) is 2.80.